The maximum Gasteiger partial charge on any atom is 0.295 e. The van der Waals surface area contributed by atoms with E-state index < -0.39 is 0 Å². The fraction of sp³-hybridized carbons (Fsp3) is 0.667. The number of aromatic nitrogens is 3. The van der Waals surface area contributed by atoms with E-state index in [0.29, 0.717) is 36.6 Å². The molecule has 2 aliphatic heterocycles. The van der Waals surface area contributed by atoms with Crippen LogP contribution in [-0.2, 0) is 11.3 Å². The molecule has 0 aromatic carbocycles. The molecule has 2 fully saturated rings. The molecule has 4 rings (SSSR count). The third kappa shape index (κ3) is 5.28. The number of rotatable bonds is 7. The first-order valence-corrected chi connectivity index (χ1v) is 12.3. The van der Waals surface area contributed by atoms with Gasteiger partial charge in [0.15, 0.2) is 11.5 Å². The Bertz CT molecular complexity index is 967. The molecule has 2 saturated heterocycles. The molecular weight excluding hydrogens is 404 g/mol. The quantitative estimate of drug-likeness (QED) is 0.666. The van der Waals surface area contributed by atoms with Crippen LogP contribution in [0.15, 0.2) is 23.1 Å². The van der Waals surface area contributed by atoms with Crippen LogP contribution in [0, 0.1) is 5.92 Å². The Morgan fingerprint density at radius 2 is 1.97 bits per heavy atom. The first kappa shape index (κ1) is 22.7. The number of hydrogen-bond donors (Lipinski definition) is 1. The molecule has 2 aliphatic rings. The summed E-state index contributed by atoms with van der Waals surface area (Å²) >= 11 is 0. The molecule has 0 spiro atoms. The van der Waals surface area contributed by atoms with Gasteiger partial charge in [-0.2, -0.15) is 0 Å². The van der Waals surface area contributed by atoms with Crippen molar-refractivity contribution in [3.8, 4) is 0 Å². The van der Waals surface area contributed by atoms with Crippen LogP contribution < -0.4 is 15.8 Å². The number of amides is 1. The molecule has 1 unspecified atom stereocenters. The van der Waals surface area contributed by atoms with Crippen LogP contribution >= 0.6 is 0 Å². The molecule has 0 radical (unpaired) electrons. The molecule has 2 aromatic heterocycles. The average Bonchev–Trinajstić information content (AvgIpc) is 3.10. The first-order chi connectivity index (χ1) is 15.7. The van der Waals surface area contributed by atoms with Gasteiger partial charge in [0.1, 0.15) is 5.52 Å². The van der Waals surface area contributed by atoms with Crippen LogP contribution in [0.3, 0.4) is 0 Å². The van der Waals surface area contributed by atoms with Gasteiger partial charge in [0.25, 0.3) is 5.56 Å². The molecular formula is C24H36N6O2. The van der Waals surface area contributed by atoms with E-state index in [-0.39, 0.29) is 17.4 Å². The number of nitrogens with zero attached hydrogens (tertiary/aromatic N) is 5. The van der Waals surface area contributed by atoms with Gasteiger partial charge in [-0.3, -0.25) is 14.2 Å². The van der Waals surface area contributed by atoms with Crippen molar-refractivity contribution in [1.82, 2.24) is 24.8 Å². The Kier molecular flexibility index (Phi) is 7.73. The second kappa shape index (κ2) is 10.9. The number of likely N-dealkylation sites (tertiary alicyclic amines) is 1. The van der Waals surface area contributed by atoms with Gasteiger partial charge in [0.05, 0.1) is 5.92 Å². The van der Waals surface area contributed by atoms with E-state index in [4.69, 9.17) is 0 Å². The highest BCUT2D eigenvalue weighted by Gasteiger charge is 2.28. The minimum atomic E-state index is -0.128. The lowest BCUT2D eigenvalue weighted by Crippen LogP contribution is -2.46. The molecule has 1 N–H and O–H groups in total. The van der Waals surface area contributed by atoms with E-state index in [1.54, 1.807) is 10.8 Å². The minimum Gasteiger partial charge on any atom is -0.356 e. The zero-order chi connectivity index (χ0) is 22.3. The number of carbonyl (C=O) groups excluding carboxylic acids is 1. The van der Waals surface area contributed by atoms with Gasteiger partial charge < -0.3 is 15.1 Å². The number of anilines is 1. The monoisotopic (exact) mass is 440 g/mol. The maximum absolute atomic E-state index is 13.1. The standard InChI is InChI=1S/C24H36N6O2/c1-2-30-21-20(11-7-12-25-21)27-22(24(30)32)29-17-8-10-19(18-29)23(31)26-13-9-16-28-14-5-3-4-6-15-28/h7,11-12,19H,2-6,8-10,13-18H2,1H3,(H,26,31). The largest absolute Gasteiger partial charge is 0.356 e. The third-order valence-electron chi connectivity index (χ3n) is 6.74. The van der Waals surface area contributed by atoms with Gasteiger partial charge in [0, 0.05) is 32.4 Å². The van der Waals surface area contributed by atoms with Crippen molar-refractivity contribution >= 4 is 22.9 Å². The summed E-state index contributed by atoms with van der Waals surface area (Å²) in [5.74, 6) is 0.428. The van der Waals surface area contributed by atoms with Crippen LogP contribution in [0.1, 0.15) is 51.9 Å². The highest BCUT2D eigenvalue weighted by molar-refractivity contribution is 5.79. The normalized spacial score (nSPS) is 20.3. The fourth-order valence-electron chi connectivity index (χ4n) is 4.96. The highest BCUT2D eigenvalue weighted by atomic mass is 16.2. The molecule has 1 atom stereocenters. The molecule has 8 nitrogen and oxygen atoms in total. The van der Waals surface area contributed by atoms with Crippen LogP contribution in [0.25, 0.3) is 11.2 Å². The molecule has 4 heterocycles. The summed E-state index contributed by atoms with van der Waals surface area (Å²) < 4.78 is 1.67. The average molecular weight is 441 g/mol. The van der Waals surface area contributed by atoms with Crippen molar-refractivity contribution < 1.29 is 4.79 Å². The molecule has 0 aliphatic carbocycles. The molecule has 0 saturated carbocycles. The van der Waals surface area contributed by atoms with Gasteiger partial charge in [-0.15, -0.1) is 0 Å². The number of piperidine rings is 1. The summed E-state index contributed by atoms with van der Waals surface area (Å²) in [6.07, 6.45) is 9.68. The van der Waals surface area contributed by atoms with Gasteiger partial charge in [-0.05, 0) is 70.8 Å². The van der Waals surface area contributed by atoms with Crippen LogP contribution in [0.4, 0.5) is 5.82 Å². The molecule has 0 bridgehead atoms. The van der Waals surface area contributed by atoms with E-state index in [0.717, 1.165) is 32.4 Å². The molecule has 8 heteroatoms. The molecule has 1 amide bonds. The number of hydrogen-bond acceptors (Lipinski definition) is 6. The van der Waals surface area contributed by atoms with E-state index in [1.165, 1.54) is 38.8 Å². The number of fused-ring (bicyclic) bond motifs is 1. The summed E-state index contributed by atoms with van der Waals surface area (Å²) in [5, 5.41) is 3.14. The zero-order valence-electron chi connectivity index (χ0n) is 19.3. The van der Waals surface area contributed by atoms with Crippen LogP contribution in [-0.4, -0.2) is 64.6 Å². The lowest BCUT2D eigenvalue weighted by Gasteiger charge is -2.32. The highest BCUT2D eigenvalue weighted by Crippen LogP contribution is 2.21. The van der Waals surface area contributed by atoms with Crippen molar-refractivity contribution in [2.75, 3.05) is 44.2 Å². The number of pyridine rings is 1. The Morgan fingerprint density at radius 3 is 2.75 bits per heavy atom. The predicted molar refractivity (Wildman–Crippen MR) is 127 cm³/mol. The summed E-state index contributed by atoms with van der Waals surface area (Å²) in [7, 11) is 0. The SMILES string of the molecule is CCn1c(=O)c(N2CCCC(C(=O)NCCCN3CCCCCC3)C2)nc2cccnc21. The topological polar surface area (TPSA) is 83.4 Å². The Balaban J connectivity index is 1.35. The van der Waals surface area contributed by atoms with Crippen molar-refractivity contribution in [3.63, 3.8) is 0 Å². The predicted octanol–water partition coefficient (Wildman–Crippen LogP) is 2.41. The Labute approximate surface area is 190 Å². The fourth-order valence-corrected chi connectivity index (χ4v) is 4.96. The Hall–Kier alpha value is -2.48. The number of carbonyl (C=O) groups is 1. The summed E-state index contributed by atoms with van der Waals surface area (Å²) in [5.41, 5.74) is 1.20. The van der Waals surface area contributed by atoms with Gasteiger partial charge >= 0.3 is 0 Å². The number of aryl methyl sites for hydroxylation is 1. The zero-order valence-corrected chi connectivity index (χ0v) is 19.3. The van der Waals surface area contributed by atoms with Crippen LogP contribution in [0.2, 0.25) is 0 Å². The van der Waals surface area contributed by atoms with E-state index in [2.05, 4.69) is 20.2 Å². The molecule has 32 heavy (non-hydrogen) atoms. The Morgan fingerprint density at radius 1 is 1.16 bits per heavy atom. The molecule has 174 valence electrons. The van der Waals surface area contributed by atoms with Gasteiger partial charge in [0.2, 0.25) is 5.91 Å². The van der Waals surface area contributed by atoms with E-state index in [9.17, 15) is 9.59 Å². The van der Waals surface area contributed by atoms with Crippen molar-refractivity contribution in [2.45, 2.75) is 58.4 Å². The first-order valence-electron chi connectivity index (χ1n) is 12.3. The maximum atomic E-state index is 13.1. The summed E-state index contributed by atoms with van der Waals surface area (Å²) in [4.78, 5) is 39.4. The third-order valence-corrected chi connectivity index (χ3v) is 6.74. The smallest absolute Gasteiger partial charge is 0.295 e. The van der Waals surface area contributed by atoms with Gasteiger partial charge in [-0.25, -0.2) is 9.97 Å². The lowest BCUT2D eigenvalue weighted by molar-refractivity contribution is -0.125. The lowest BCUT2D eigenvalue weighted by atomic mass is 9.97. The van der Waals surface area contributed by atoms with Gasteiger partial charge in [-0.1, -0.05) is 12.8 Å². The summed E-state index contributed by atoms with van der Waals surface area (Å²) in [6.45, 7) is 7.92. The van der Waals surface area contributed by atoms with Crippen molar-refractivity contribution in [1.29, 1.82) is 0 Å². The second-order valence-electron chi connectivity index (χ2n) is 9.02. The number of nitrogens with one attached hydrogen (secondary N) is 1. The summed E-state index contributed by atoms with van der Waals surface area (Å²) in [6, 6.07) is 3.72. The van der Waals surface area contributed by atoms with Crippen LogP contribution in [0.5, 0.6) is 0 Å². The van der Waals surface area contributed by atoms with E-state index >= 15 is 0 Å². The van der Waals surface area contributed by atoms with Crippen molar-refractivity contribution in [2.24, 2.45) is 5.92 Å². The molecule has 2 aromatic rings. The van der Waals surface area contributed by atoms with E-state index in [1.807, 2.05) is 24.0 Å². The second-order valence-corrected chi connectivity index (χ2v) is 9.02. The van der Waals surface area contributed by atoms with Crippen molar-refractivity contribution in [3.05, 3.63) is 28.7 Å². The minimum absolute atomic E-state index is 0.101.